The first-order valence-corrected chi connectivity index (χ1v) is 38.7. The van der Waals surface area contributed by atoms with Gasteiger partial charge in [-0.2, -0.15) is 0 Å². The minimum atomic E-state index is -2.33. The number of aromatic hydroxyl groups is 3. The van der Waals surface area contributed by atoms with Crippen LogP contribution >= 0.6 is 23.2 Å². The number of benzene rings is 5. The van der Waals surface area contributed by atoms with Crippen LogP contribution in [0.5, 0.6) is 46.0 Å². The van der Waals surface area contributed by atoms with Crippen molar-refractivity contribution in [3.63, 3.8) is 0 Å². The van der Waals surface area contributed by atoms with Crippen LogP contribution in [0.3, 0.4) is 0 Å². The number of hydrogen-bond acceptors (Lipinski definition) is 26. The third-order valence-electron chi connectivity index (χ3n) is 20.8. The van der Waals surface area contributed by atoms with E-state index in [1.165, 1.54) is 57.4 Å². The van der Waals surface area contributed by atoms with Gasteiger partial charge in [0.15, 0.2) is 29.9 Å². The van der Waals surface area contributed by atoms with Gasteiger partial charge in [0, 0.05) is 54.4 Å². The van der Waals surface area contributed by atoms with Gasteiger partial charge in [-0.3, -0.25) is 33.6 Å². The van der Waals surface area contributed by atoms with Gasteiger partial charge < -0.3 is 134 Å². The Morgan fingerprint density at radius 2 is 1.29 bits per heavy atom. The Morgan fingerprint density at radius 3 is 1.90 bits per heavy atom. The molecule has 0 spiro atoms. The number of phenols is 3. The molecular weight excluding hydrogens is 1530 g/mol. The number of fused-ring (bicyclic) bond motifs is 15. The van der Waals surface area contributed by atoms with E-state index in [4.69, 9.17) is 63.1 Å². The molecule has 0 saturated carbocycles. The summed E-state index contributed by atoms with van der Waals surface area (Å²) in [5, 5.41) is 129. The van der Waals surface area contributed by atoms with Crippen molar-refractivity contribution in [3.8, 4) is 57.1 Å². The molecule has 620 valence electrons. The number of aliphatic carboxylic acids is 1. The molecule has 7 aliphatic heterocycles. The summed E-state index contributed by atoms with van der Waals surface area (Å²) in [6, 6.07) is -0.215. The molecule has 36 heteroatoms. The van der Waals surface area contributed by atoms with Crippen molar-refractivity contribution in [2.24, 2.45) is 17.4 Å². The molecule has 12 rings (SSSR count). The number of rotatable bonds is 26. The van der Waals surface area contributed by atoms with Gasteiger partial charge in [-0.1, -0.05) is 107 Å². The number of likely N-dealkylation sites (N-methyl/N-ethyl adjacent to an activating group) is 1. The second-order valence-corrected chi connectivity index (χ2v) is 30.6. The first kappa shape index (κ1) is 87.2. The maximum Gasteiger partial charge on any atom is 0.330 e. The number of nitrogens with one attached hydrogen (secondary N) is 9. The zero-order valence-electron chi connectivity index (χ0n) is 63.7. The topological polar surface area (TPSA) is 534 Å². The lowest BCUT2D eigenvalue weighted by Gasteiger charge is -2.48. The third-order valence-corrected chi connectivity index (χ3v) is 21.4. The molecule has 0 radical (unpaired) electrons. The minimum absolute atomic E-state index is 0.0821. The van der Waals surface area contributed by atoms with E-state index in [-0.39, 0.29) is 52.0 Å². The third kappa shape index (κ3) is 20.5. The van der Waals surface area contributed by atoms with Crippen molar-refractivity contribution in [1.82, 2.24) is 47.9 Å². The fraction of sp³-hybridized carbons (Fsp3) is 0.513. The molecule has 11 bridgehead atoms. The van der Waals surface area contributed by atoms with Gasteiger partial charge in [0.05, 0.1) is 34.7 Å². The van der Waals surface area contributed by atoms with Crippen molar-refractivity contribution in [2.75, 3.05) is 33.2 Å². The normalized spacial score (nSPS) is 27.4. The van der Waals surface area contributed by atoms with Gasteiger partial charge in [-0.25, -0.2) is 4.79 Å². The molecule has 2 fully saturated rings. The Bertz CT molecular complexity index is 4340. The standard InChI is InChI=1S/C78H101Cl2N11O23/c1-7-8-9-10-11-12-13-14-21-84-22-23-85-78(5)33-56(109-36(4)69(78)100)113-68-66(99)65(98)54(34-81)112-77(68)114-67-52-28-40-29-53(67)111-51-20-17-39(27-45(51)80)64(97)62-75(106)89-60(76(107)108)43-30-41(92)31-49(94)57(43)42-25-37(15-18-48(42)93)58(72(103)91-62)88-73(104)59(40)87-71(102)47(32-55(82)95)86-74(105)61(90-70(101)46(83-6)24-35(2)3)63(96)38-16-19-50(110-52)44(79)26-38/h15-20,25-31,35-36,46-47,54,56,58-66,68-69,77,83-85,92-94,96-100H,7-14,21-24,32-34,81H2,1-6H3,(H2,82,95)(H,86,105)(H,87,102)(H,88,104)(H,89,106)(H,90,101)(H,91,103)(H,107,108)/t36-,46+,47-,54+,56-,58+,59+,60-,61+,62-,63+,64+,65+,66-,68+,69+,77-,78-/m0/s1. The van der Waals surface area contributed by atoms with Crippen LogP contribution in [0.15, 0.2) is 78.9 Å². The minimum Gasteiger partial charge on any atom is -0.508 e. The summed E-state index contributed by atoms with van der Waals surface area (Å²) in [4.78, 5) is 118. The quantitative estimate of drug-likeness (QED) is 0.0353. The van der Waals surface area contributed by atoms with E-state index in [9.17, 15) is 69.9 Å². The average Bonchev–Trinajstić information content (AvgIpc) is 0.771. The van der Waals surface area contributed by atoms with E-state index in [1.54, 1.807) is 13.8 Å². The number of halogens is 2. The highest BCUT2D eigenvalue weighted by atomic mass is 35.5. The molecule has 22 N–H and O–H groups in total. The van der Waals surface area contributed by atoms with Gasteiger partial charge in [0.2, 0.25) is 53.4 Å². The van der Waals surface area contributed by atoms with Crippen LogP contribution < -0.4 is 73.5 Å². The lowest BCUT2D eigenvalue weighted by molar-refractivity contribution is -0.331. The van der Waals surface area contributed by atoms with Crippen molar-refractivity contribution < 1.29 is 113 Å². The van der Waals surface area contributed by atoms with Crippen LogP contribution in [-0.4, -0.2) is 205 Å². The average molecular weight is 1630 g/mol. The molecule has 114 heavy (non-hydrogen) atoms. The number of carboxylic acids is 1. The second-order valence-electron chi connectivity index (χ2n) is 29.8. The van der Waals surface area contributed by atoms with Crippen molar-refractivity contribution in [3.05, 3.63) is 117 Å². The molecule has 5 aromatic rings. The Kier molecular flexibility index (Phi) is 29.4. The van der Waals surface area contributed by atoms with E-state index in [0.717, 1.165) is 86.5 Å². The van der Waals surface area contributed by atoms with Crippen LogP contribution in [0.25, 0.3) is 11.1 Å². The number of aliphatic hydroxyl groups excluding tert-OH is 5. The number of carboxylic acid groups (broad SMARTS) is 1. The number of ether oxygens (including phenoxy) is 6. The zero-order chi connectivity index (χ0) is 82.7. The number of carbonyl (C=O) groups excluding carboxylic acids is 7. The monoisotopic (exact) mass is 1630 g/mol. The van der Waals surface area contributed by atoms with E-state index in [0.29, 0.717) is 13.1 Å². The highest BCUT2D eigenvalue weighted by Gasteiger charge is 2.52. The van der Waals surface area contributed by atoms with Crippen LogP contribution in [0, 0.1) is 5.92 Å². The summed E-state index contributed by atoms with van der Waals surface area (Å²) in [7, 11) is 1.49. The number of hydrogen-bond donors (Lipinski definition) is 20. The lowest BCUT2D eigenvalue weighted by Crippen LogP contribution is -2.66. The summed E-state index contributed by atoms with van der Waals surface area (Å²) in [5.74, 6) is -15.6. The van der Waals surface area contributed by atoms with Gasteiger partial charge in [-0.15, -0.1) is 0 Å². The van der Waals surface area contributed by atoms with Gasteiger partial charge in [-0.05, 0) is 123 Å². The fourth-order valence-electron chi connectivity index (χ4n) is 14.6. The molecule has 7 aliphatic rings. The molecule has 0 unspecified atom stereocenters. The van der Waals surface area contributed by atoms with Crippen molar-refractivity contribution in [1.29, 1.82) is 0 Å². The number of primary amides is 1. The number of carbonyl (C=O) groups is 8. The fourth-order valence-corrected chi connectivity index (χ4v) is 15.1. The van der Waals surface area contributed by atoms with Gasteiger partial charge in [0.25, 0.3) is 0 Å². The Morgan fingerprint density at radius 1 is 0.675 bits per heavy atom. The molecule has 0 aromatic heterocycles. The maximum absolute atomic E-state index is 16.2. The summed E-state index contributed by atoms with van der Waals surface area (Å²) in [5.41, 5.74) is 8.19. The molecule has 5 aromatic carbocycles. The highest BCUT2D eigenvalue weighted by molar-refractivity contribution is 6.32. The van der Waals surface area contributed by atoms with E-state index >= 15 is 14.4 Å². The first-order chi connectivity index (χ1) is 54.2. The number of amides is 7. The Hall–Kier alpha value is -9.24. The van der Waals surface area contributed by atoms with E-state index < -0.39 is 231 Å². The lowest BCUT2D eigenvalue weighted by atomic mass is 9.85. The Labute approximate surface area is 667 Å². The van der Waals surface area contributed by atoms with Crippen LogP contribution in [0.4, 0.5) is 0 Å². The van der Waals surface area contributed by atoms with E-state index in [2.05, 4.69) is 54.8 Å². The SMILES string of the molecule is CCCCCCCCCCNCCN[C@@]1(C)C[C@H](O[C@H]2[C@H](Oc3c4cc5cc3Oc3ccc(cc3Cl)[C@@H](O)[C@@H](NC(=O)[C@@H](CC(C)C)NC)C(=O)N[C@@H](CC(N)=O)C(=O)N[C@H]5C(=O)N[C@H]3C(=O)N[C@H](C(=O)N[C@H](C(=O)O)c5cc(O)cc(O)c5-c5cc3ccc5O)[C@H](O)c3ccc(c(Cl)c3)O4)O[C@H](CN)[C@@H](O)[C@@H]2O)O[C@@H](C)[C@H]1O. The van der Waals surface area contributed by atoms with E-state index in [1.807, 2.05) is 13.8 Å². The van der Waals surface area contributed by atoms with Gasteiger partial charge >= 0.3 is 5.97 Å². The molecule has 34 nitrogen and oxygen atoms in total. The summed E-state index contributed by atoms with van der Waals surface area (Å²) < 4.78 is 39.7. The van der Waals surface area contributed by atoms with Gasteiger partial charge in [0.1, 0.15) is 89.5 Å². The van der Waals surface area contributed by atoms with Crippen LogP contribution in [0.2, 0.25) is 10.0 Å². The summed E-state index contributed by atoms with van der Waals surface area (Å²) in [6.07, 6.45) is -8.27. The predicted molar refractivity (Wildman–Crippen MR) is 411 cm³/mol. The molecule has 2 saturated heterocycles. The molecule has 7 amide bonds. The number of phenolic OH excluding ortho intramolecular Hbond substituents is 3. The number of aliphatic hydroxyl groups is 5. The summed E-state index contributed by atoms with van der Waals surface area (Å²) in [6.45, 7) is 10.5. The van der Waals surface area contributed by atoms with Crippen LogP contribution in [0.1, 0.15) is 163 Å². The van der Waals surface area contributed by atoms with Crippen molar-refractivity contribution in [2.45, 2.75) is 214 Å². The second kappa shape index (κ2) is 38.5. The number of unbranched alkanes of at least 4 members (excludes halogenated alkanes) is 7. The molecule has 0 aliphatic carbocycles. The molecule has 18 atom stereocenters. The summed E-state index contributed by atoms with van der Waals surface area (Å²) >= 11 is 14.3. The maximum atomic E-state index is 16.2. The zero-order valence-corrected chi connectivity index (χ0v) is 65.2. The molecule has 7 heterocycles. The highest BCUT2D eigenvalue weighted by Crippen LogP contribution is 2.50. The Balaban J connectivity index is 1.15. The smallest absolute Gasteiger partial charge is 0.330 e. The molecular formula is C78H101Cl2N11O23. The van der Waals surface area contributed by atoms with Crippen molar-refractivity contribution >= 4 is 70.5 Å². The predicted octanol–water partition coefficient (Wildman–Crippen LogP) is 3.43. The number of nitrogens with two attached hydrogens (primary N) is 2. The largest absolute Gasteiger partial charge is 0.508 e. The van der Waals surface area contributed by atoms with Crippen LogP contribution in [-0.2, 0) is 52.6 Å². The first-order valence-electron chi connectivity index (χ1n) is 37.9.